The van der Waals surface area contributed by atoms with Crippen LogP contribution < -0.4 is 10.1 Å². The summed E-state index contributed by atoms with van der Waals surface area (Å²) < 4.78 is 33.8. The number of anilines is 1. The monoisotopic (exact) mass is 376 g/mol. The van der Waals surface area contributed by atoms with Crippen LogP contribution in [0.1, 0.15) is 24.8 Å². The van der Waals surface area contributed by atoms with Crippen molar-refractivity contribution >= 4 is 11.7 Å². The first kappa shape index (κ1) is 19.1. The molecule has 2 amide bonds. The van der Waals surface area contributed by atoms with Crippen LogP contribution in [0.5, 0.6) is 11.5 Å². The number of urea groups is 1. The topological polar surface area (TPSA) is 61.8 Å². The number of aliphatic hydroxyl groups excluding tert-OH is 1. The first-order chi connectivity index (χ1) is 13.0. The average Bonchev–Trinajstić information content (AvgIpc) is 3.08. The molecule has 1 aliphatic rings. The van der Waals surface area contributed by atoms with Crippen LogP contribution in [0.4, 0.5) is 19.3 Å². The predicted octanol–water partition coefficient (Wildman–Crippen LogP) is 4.44. The van der Waals surface area contributed by atoms with Crippen molar-refractivity contribution in [2.45, 2.75) is 32.2 Å². The van der Waals surface area contributed by atoms with Gasteiger partial charge in [0.2, 0.25) is 0 Å². The molecular weight excluding hydrogens is 354 g/mol. The van der Waals surface area contributed by atoms with E-state index in [4.69, 9.17) is 9.84 Å². The summed E-state index contributed by atoms with van der Waals surface area (Å²) in [6.07, 6.45) is 2.06. The van der Waals surface area contributed by atoms with Crippen molar-refractivity contribution in [2.24, 2.45) is 0 Å². The number of carbonyl (C=O) groups is 1. The van der Waals surface area contributed by atoms with Gasteiger partial charge in [-0.05, 0) is 37.8 Å². The van der Waals surface area contributed by atoms with E-state index < -0.39 is 17.7 Å². The zero-order valence-electron chi connectivity index (χ0n) is 15.0. The summed E-state index contributed by atoms with van der Waals surface area (Å²) in [5.41, 5.74) is 0.585. The number of amides is 2. The molecule has 5 nitrogen and oxygen atoms in total. The molecule has 2 aromatic carbocycles. The minimum Gasteiger partial charge on any atom is -0.455 e. The number of carbonyl (C=O) groups excluding carboxylic acids is 1. The summed E-state index contributed by atoms with van der Waals surface area (Å²) >= 11 is 0. The van der Waals surface area contributed by atoms with Gasteiger partial charge >= 0.3 is 6.03 Å². The van der Waals surface area contributed by atoms with Crippen LogP contribution in [0, 0.1) is 18.6 Å². The van der Waals surface area contributed by atoms with Gasteiger partial charge in [-0.3, -0.25) is 0 Å². The predicted molar refractivity (Wildman–Crippen MR) is 98.1 cm³/mol. The van der Waals surface area contributed by atoms with Gasteiger partial charge in [0.25, 0.3) is 0 Å². The van der Waals surface area contributed by atoms with Gasteiger partial charge in [0.05, 0.1) is 0 Å². The smallest absolute Gasteiger partial charge is 0.322 e. The van der Waals surface area contributed by atoms with Crippen LogP contribution >= 0.6 is 0 Å². The Hall–Kier alpha value is -2.67. The lowest BCUT2D eigenvalue weighted by atomic mass is 10.1. The van der Waals surface area contributed by atoms with Crippen molar-refractivity contribution in [1.82, 2.24) is 4.90 Å². The van der Waals surface area contributed by atoms with Crippen molar-refractivity contribution in [1.29, 1.82) is 0 Å². The number of halogens is 2. The highest BCUT2D eigenvalue weighted by atomic mass is 19.1. The van der Waals surface area contributed by atoms with Crippen molar-refractivity contribution in [3.63, 3.8) is 0 Å². The Kier molecular flexibility index (Phi) is 5.91. The summed E-state index contributed by atoms with van der Waals surface area (Å²) in [5, 5.41) is 11.7. The molecule has 1 aliphatic heterocycles. The lowest BCUT2D eigenvalue weighted by Gasteiger charge is -2.25. The van der Waals surface area contributed by atoms with E-state index in [0.717, 1.165) is 24.5 Å². The number of aryl methyl sites for hydroxylation is 1. The highest BCUT2D eigenvalue weighted by Crippen LogP contribution is 2.35. The number of hydrogen-bond acceptors (Lipinski definition) is 3. The second-order valence-electron chi connectivity index (χ2n) is 6.56. The number of para-hydroxylation sites is 1. The molecule has 3 rings (SSSR count). The number of ether oxygens (including phenoxy) is 1. The molecule has 0 radical (unpaired) electrons. The maximum absolute atomic E-state index is 14.4. The Morgan fingerprint density at radius 1 is 1.30 bits per heavy atom. The Morgan fingerprint density at radius 3 is 2.81 bits per heavy atom. The summed E-state index contributed by atoms with van der Waals surface area (Å²) in [6.45, 7) is 2.31. The van der Waals surface area contributed by atoms with Crippen LogP contribution in [-0.2, 0) is 0 Å². The third-order valence-corrected chi connectivity index (χ3v) is 4.66. The van der Waals surface area contributed by atoms with Crippen molar-refractivity contribution in [3.8, 4) is 11.5 Å². The fraction of sp³-hybridized carbons (Fsp3) is 0.350. The number of nitrogens with zero attached hydrogens (tertiary/aromatic N) is 1. The molecular formula is C20H22F2N2O3. The molecule has 0 aliphatic carbocycles. The first-order valence-corrected chi connectivity index (χ1v) is 8.90. The van der Waals surface area contributed by atoms with Gasteiger partial charge in [-0.25, -0.2) is 13.6 Å². The number of aliphatic hydroxyl groups is 1. The maximum atomic E-state index is 14.4. The Balaban J connectivity index is 1.86. The van der Waals surface area contributed by atoms with Gasteiger partial charge in [0, 0.05) is 31.3 Å². The van der Waals surface area contributed by atoms with Crippen LogP contribution in [0.15, 0.2) is 36.4 Å². The summed E-state index contributed by atoms with van der Waals surface area (Å²) in [7, 11) is 0. The summed E-state index contributed by atoms with van der Waals surface area (Å²) in [5.74, 6) is -1.37. The van der Waals surface area contributed by atoms with Gasteiger partial charge < -0.3 is 20.1 Å². The first-order valence-electron chi connectivity index (χ1n) is 8.90. The Morgan fingerprint density at radius 2 is 2.07 bits per heavy atom. The van der Waals surface area contributed by atoms with E-state index in [9.17, 15) is 13.6 Å². The largest absolute Gasteiger partial charge is 0.455 e. The molecule has 1 heterocycles. The average molecular weight is 376 g/mol. The standard InChI is InChI=1S/C20H22F2N2O3/c1-13-5-2-3-7-17(13)27-18-12-14(21)11-16(22)19(18)23-20(26)24-9-4-6-15(24)8-10-25/h2-3,5,7,11-12,15,25H,4,6,8-10H2,1H3,(H,23,26). The highest BCUT2D eigenvalue weighted by molar-refractivity contribution is 5.91. The fourth-order valence-corrected chi connectivity index (χ4v) is 3.27. The van der Waals surface area contributed by atoms with Gasteiger partial charge in [-0.1, -0.05) is 18.2 Å². The molecule has 0 spiro atoms. The van der Waals surface area contributed by atoms with Crippen molar-refractivity contribution in [3.05, 3.63) is 53.6 Å². The number of likely N-dealkylation sites (tertiary alicyclic amines) is 1. The molecule has 1 fully saturated rings. The van der Waals surface area contributed by atoms with Crippen molar-refractivity contribution < 1.29 is 23.4 Å². The second kappa shape index (κ2) is 8.35. The number of hydrogen-bond donors (Lipinski definition) is 2. The summed E-state index contributed by atoms with van der Waals surface area (Å²) in [4.78, 5) is 14.2. The van der Waals surface area contributed by atoms with E-state index >= 15 is 0 Å². The molecule has 0 bridgehead atoms. The molecule has 1 atom stereocenters. The molecule has 0 aromatic heterocycles. The zero-order valence-corrected chi connectivity index (χ0v) is 15.0. The molecule has 1 saturated heterocycles. The second-order valence-corrected chi connectivity index (χ2v) is 6.56. The maximum Gasteiger partial charge on any atom is 0.322 e. The SMILES string of the molecule is Cc1ccccc1Oc1cc(F)cc(F)c1NC(=O)N1CCCC1CCO. The van der Waals surface area contributed by atoms with Crippen molar-refractivity contribution in [2.75, 3.05) is 18.5 Å². The highest BCUT2D eigenvalue weighted by Gasteiger charge is 2.29. The summed E-state index contributed by atoms with van der Waals surface area (Å²) in [6, 6.07) is 8.22. The van der Waals surface area contributed by atoms with E-state index in [1.807, 2.05) is 19.1 Å². The zero-order chi connectivity index (χ0) is 19.4. The minimum atomic E-state index is -0.912. The van der Waals surface area contributed by atoms with Gasteiger partial charge in [-0.2, -0.15) is 0 Å². The third kappa shape index (κ3) is 4.36. The van der Waals surface area contributed by atoms with Gasteiger partial charge in [0.1, 0.15) is 17.3 Å². The number of nitrogens with one attached hydrogen (secondary N) is 1. The van der Waals surface area contributed by atoms with E-state index in [-0.39, 0.29) is 24.1 Å². The molecule has 0 saturated carbocycles. The van der Waals surface area contributed by atoms with Gasteiger partial charge in [-0.15, -0.1) is 0 Å². The van der Waals surface area contributed by atoms with Crippen LogP contribution in [0.2, 0.25) is 0 Å². The van der Waals surface area contributed by atoms with E-state index in [1.165, 1.54) is 0 Å². The molecule has 144 valence electrons. The molecule has 7 heteroatoms. The van der Waals surface area contributed by atoms with E-state index in [2.05, 4.69) is 5.32 Å². The number of benzene rings is 2. The quantitative estimate of drug-likeness (QED) is 0.811. The Labute approximate surface area is 156 Å². The molecule has 1 unspecified atom stereocenters. The van der Waals surface area contributed by atoms with E-state index in [0.29, 0.717) is 24.8 Å². The minimum absolute atomic E-state index is 0.0268. The number of rotatable bonds is 5. The lowest BCUT2D eigenvalue weighted by molar-refractivity contribution is 0.189. The molecule has 2 aromatic rings. The Bertz CT molecular complexity index is 829. The van der Waals surface area contributed by atoms with Crippen LogP contribution in [0.3, 0.4) is 0 Å². The normalized spacial score (nSPS) is 16.4. The fourth-order valence-electron chi connectivity index (χ4n) is 3.27. The molecule has 2 N–H and O–H groups in total. The van der Waals surface area contributed by atoms with Crippen LogP contribution in [-0.4, -0.2) is 35.2 Å². The van der Waals surface area contributed by atoms with Gasteiger partial charge in [0.15, 0.2) is 11.6 Å². The lowest BCUT2D eigenvalue weighted by Crippen LogP contribution is -2.39. The molecule has 27 heavy (non-hydrogen) atoms. The van der Waals surface area contributed by atoms with Crippen LogP contribution in [0.25, 0.3) is 0 Å². The van der Waals surface area contributed by atoms with E-state index in [1.54, 1.807) is 17.0 Å². The third-order valence-electron chi connectivity index (χ3n) is 4.66.